The smallest absolute Gasteiger partial charge is 0.326 e. The molecule has 2 atom stereocenters. The number of ether oxygens (including phenoxy) is 12. The van der Waals surface area contributed by atoms with Crippen molar-refractivity contribution >= 4 is 29.5 Å². The van der Waals surface area contributed by atoms with Crippen molar-refractivity contribution in [1.29, 1.82) is 0 Å². The topological polar surface area (TPSA) is 301 Å². The van der Waals surface area contributed by atoms with Gasteiger partial charge in [0.1, 0.15) is 6.04 Å². The first-order valence-corrected chi connectivity index (χ1v) is 34.9. The summed E-state index contributed by atoms with van der Waals surface area (Å²) in [6.07, 6.45) is 21.7. The van der Waals surface area contributed by atoms with E-state index in [4.69, 9.17) is 56.8 Å². The number of hydrogen-bond acceptors (Lipinski definition) is 21. The van der Waals surface area contributed by atoms with Crippen molar-refractivity contribution in [2.75, 3.05) is 186 Å². The highest BCUT2D eigenvalue weighted by Crippen LogP contribution is 2.22. The van der Waals surface area contributed by atoms with E-state index in [-0.39, 0.29) is 54.3 Å². The Morgan fingerprint density at radius 3 is 1.19 bits per heavy atom. The Morgan fingerprint density at radius 2 is 0.828 bits per heavy atom. The molecule has 26 heteroatoms. The van der Waals surface area contributed by atoms with Crippen LogP contribution in [0.3, 0.4) is 0 Å². The van der Waals surface area contributed by atoms with Crippen LogP contribution in [-0.4, -0.2) is 268 Å². The van der Waals surface area contributed by atoms with Crippen LogP contribution in [0.5, 0.6) is 0 Å². The normalized spacial score (nSPS) is 12.6. The SMILES string of the molecule is CN(CCOCCOCCOCCOCCOCCOCCOCCOCCOCCOCCOCCOCCC(=O)NCCCCC(NC(C)(C)C)C(=O)C(C)(C)C)C(=O)CC[C@@H](C(=O)O)N(C)C(=O)CCCCCCCCCCCCCCCCCc1nn[nH]n1. The number of tetrazole rings is 1. The van der Waals surface area contributed by atoms with E-state index in [1.807, 2.05) is 20.8 Å². The molecule has 544 valence electrons. The molecule has 1 aromatic heterocycles. The summed E-state index contributed by atoms with van der Waals surface area (Å²) in [6, 6.07) is -1.26. The van der Waals surface area contributed by atoms with Crippen LogP contribution in [0.1, 0.15) is 189 Å². The number of likely N-dealkylation sites (N-methyl/N-ethyl adjacent to an activating group) is 2. The van der Waals surface area contributed by atoms with Crippen LogP contribution in [0, 0.1) is 5.41 Å². The Labute approximate surface area is 558 Å². The van der Waals surface area contributed by atoms with Gasteiger partial charge in [0, 0.05) is 63.8 Å². The summed E-state index contributed by atoms with van der Waals surface area (Å²) < 4.78 is 66.5. The van der Waals surface area contributed by atoms with Gasteiger partial charge in [-0.1, -0.05) is 109 Å². The van der Waals surface area contributed by atoms with Crippen LogP contribution in [-0.2, 0) is 87.2 Å². The molecule has 1 heterocycles. The lowest BCUT2D eigenvalue weighted by Gasteiger charge is -2.31. The van der Waals surface area contributed by atoms with Crippen molar-refractivity contribution in [2.45, 2.75) is 207 Å². The molecule has 0 saturated heterocycles. The number of hydrogen-bond donors (Lipinski definition) is 4. The lowest BCUT2D eigenvalue weighted by atomic mass is 9.84. The van der Waals surface area contributed by atoms with Crippen LogP contribution in [0.4, 0.5) is 0 Å². The van der Waals surface area contributed by atoms with Crippen molar-refractivity contribution in [3.63, 3.8) is 0 Å². The second kappa shape index (κ2) is 60.5. The minimum atomic E-state index is -1.11. The zero-order valence-corrected chi connectivity index (χ0v) is 58.9. The van der Waals surface area contributed by atoms with Crippen molar-refractivity contribution in [1.82, 2.24) is 41.1 Å². The number of rotatable bonds is 69. The van der Waals surface area contributed by atoms with Crippen molar-refractivity contribution in [3.05, 3.63) is 5.82 Å². The fourth-order valence-electron chi connectivity index (χ4n) is 9.55. The summed E-state index contributed by atoms with van der Waals surface area (Å²) in [5.41, 5.74) is -0.562. The molecule has 0 aliphatic heterocycles. The molecule has 93 heavy (non-hydrogen) atoms. The largest absolute Gasteiger partial charge is 0.480 e. The van der Waals surface area contributed by atoms with Crippen LogP contribution < -0.4 is 10.6 Å². The second-order valence-corrected chi connectivity index (χ2v) is 25.3. The van der Waals surface area contributed by atoms with E-state index in [1.165, 1.54) is 81.1 Å². The summed E-state index contributed by atoms with van der Waals surface area (Å²) in [4.78, 5) is 65.6. The summed E-state index contributed by atoms with van der Waals surface area (Å²) in [5, 5.41) is 30.3. The lowest BCUT2D eigenvalue weighted by Crippen LogP contribution is -2.50. The van der Waals surface area contributed by atoms with E-state index in [1.54, 1.807) is 7.05 Å². The van der Waals surface area contributed by atoms with E-state index in [0.29, 0.717) is 178 Å². The van der Waals surface area contributed by atoms with Gasteiger partial charge in [0.05, 0.1) is 165 Å². The Bertz CT molecular complexity index is 1920. The van der Waals surface area contributed by atoms with Gasteiger partial charge in [-0.05, 0) is 59.3 Å². The predicted molar refractivity (Wildman–Crippen MR) is 355 cm³/mol. The van der Waals surface area contributed by atoms with Crippen LogP contribution >= 0.6 is 0 Å². The molecule has 0 saturated carbocycles. The minimum absolute atomic E-state index is 0.0143. The molecule has 3 amide bonds. The number of nitrogens with one attached hydrogen (secondary N) is 3. The molecule has 0 aliphatic carbocycles. The molecule has 1 unspecified atom stereocenters. The number of carbonyl (C=O) groups is 5. The fraction of sp³-hybridized carbons (Fsp3) is 0.910. The Kier molecular flexibility index (Phi) is 56.7. The number of H-pyrrole nitrogens is 1. The van der Waals surface area contributed by atoms with Gasteiger partial charge < -0.3 is 82.4 Å². The van der Waals surface area contributed by atoms with Gasteiger partial charge in [-0.25, -0.2) is 4.79 Å². The maximum absolute atomic E-state index is 12.9. The first-order valence-electron chi connectivity index (χ1n) is 34.9. The van der Waals surface area contributed by atoms with Crippen molar-refractivity contribution in [3.8, 4) is 0 Å². The number of carbonyl (C=O) groups excluding carboxylic acids is 4. The molecule has 0 radical (unpaired) electrons. The number of carboxylic acids is 1. The Hall–Kier alpha value is -3.90. The van der Waals surface area contributed by atoms with Crippen molar-refractivity contribution < 1.29 is 85.9 Å². The van der Waals surface area contributed by atoms with E-state index >= 15 is 0 Å². The quantitative estimate of drug-likeness (QED) is 0.0462. The third-order valence-corrected chi connectivity index (χ3v) is 14.9. The zero-order chi connectivity index (χ0) is 68.1. The van der Waals surface area contributed by atoms with Gasteiger partial charge >= 0.3 is 5.97 Å². The number of aliphatic carboxylic acids is 1. The average molecular weight is 1330 g/mol. The number of nitrogens with zero attached hydrogens (tertiary/aromatic N) is 5. The number of Topliss-reactive ketones (excluding diaryl/α,β-unsaturated/α-hetero) is 1. The summed E-state index contributed by atoms with van der Waals surface area (Å²) in [7, 11) is 3.18. The predicted octanol–water partition coefficient (Wildman–Crippen LogP) is 7.38. The van der Waals surface area contributed by atoms with Crippen molar-refractivity contribution in [2.24, 2.45) is 5.41 Å². The van der Waals surface area contributed by atoms with Crippen LogP contribution in [0.2, 0.25) is 0 Å². The molecule has 1 rings (SSSR count). The van der Waals surface area contributed by atoms with Gasteiger partial charge in [0.2, 0.25) is 17.7 Å². The van der Waals surface area contributed by atoms with Gasteiger partial charge in [-0.3, -0.25) is 19.2 Å². The van der Waals surface area contributed by atoms with E-state index < -0.39 is 17.4 Å². The maximum Gasteiger partial charge on any atom is 0.326 e. The number of unbranched alkanes of at least 4 members (excludes halogenated alkanes) is 15. The average Bonchev–Trinajstić information content (AvgIpc) is 1.52. The van der Waals surface area contributed by atoms with Gasteiger partial charge in [0.15, 0.2) is 11.6 Å². The Morgan fingerprint density at radius 1 is 0.452 bits per heavy atom. The summed E-state index contributed by atoms with van der Waals surface area (Å²) >= 11 is 0. The maximum atomic E-state index is 12.9. The second-order valence-electron chi connectivity index (χ2n) is 25.3. The third-order valence-electron chi connectivity index (χ3n) is 14.9. The minimum Gasteiger partial charge on any atom is -0.480 e. The lowest BCUT2D eigenvalue weighted by molar-refractivity contribution is -0.149. The number of aromatic nitrogens is 4. The summed E-state index contributed by atoms with van der Waals surface area (Å²) in [6.45, 7) is 23.2. The van der Waals surface area contributed by atoms with E-state index in [2.05, 4.69) is 52.0 Å². The molecule has 0 aliphatic rings. The standard InChI is InChI=1S/C67H128N8O18/c1-66(2,3)64(79)58(69-67(4,5)6)26-24-25-32-68-61(76)31-34-82-36-38-84-40-42-86-44-46-88-48-50-90-52-54-92-56-57-93-55-53-91-51-49-89-47-45-87-43-41-85-39-37-83-35-33-74(7)62(77)30-29-59(65(80)81)75(8)63(78)28-23-21-19-17-15-13-11-9-10-12-14-16-18-20-22-27-60-70-72-73-71-60/h58-59,69H,9-57H2,1-8H3,(H,68,76)(H,80,81)(H,70,71,72,73)/t58?,59-/m0/s1. The number of ketones is 1. The van der Waals surface area contributed by atoms with Gasteiger partial charge in [-0.2, -0.15) is 5.21 Å². The molecule has 0 fully saturated rings. The molecular weight excluding hydrogens is 1200 g/mol. The highest BCUT2D eigenvalue weighted by atomic mass is 16.6. The summed E-state index contributed by atoms with van der Waals surface area (Å²) in [5.74, 6) is -0.547. The monoisotopic (exact) mass is 1330 g/mol. The number of aryl methyl sites for hydroxylation is 1. The zero-order valence-electron chi connectivity index (χ0n) is 58.9. The highest BCUT2D eigenvalue weighted by molar-refractivity contribution is 5.88. The molecule has 0 aromatic carbocycles. The molecule has 4 N–H and O–H groups in total. The first kappa shape index (κ1) is 87.1. The van der Waals surface area contributed by atoms with Gasteiger partial charge in [0.25, 0.3) is 0 Å². The van der Waals surface area contributed by atoms with Crippen LogP contribution in [0.25, 0.3) is 0 Å². The Balaban J connectivity index is 1.80. The molecular formula is C67H128N8O18. The highest BCUT2D eigenvalue weighted by Gasteiger charge is 2.32. The number of aromatic amines is 1. The van der Waals surface area contributed by atoms with Crippen LogP contribution in [0.15, 0.2) is 0 Å². The molecule has 0 bridgehead atoms. The number of amides is 3. The molecule has 26 nitrogen and oxygen atoms in total. The fourth-order valence-corrected chi connectivity index (χ4v) is 9.55. The molecule has 0 spiro atoms. The van der Waals surface area contributed by atoms with E-state index in [0.717, 1.165) is 63.6 Å². The third kappa shape index (κ3) is 55.9. The first-order chi connectivity index (χ1) is 44.9. The number of carboxylic acid groups (broad SMARTS) is 1. The van der Waals surface area contributed by atoms with E-state index in [9.17, 15) is 29.1 Å². The molecule has 1 aromatic rings. The van der Waals surface area contributed by atoms with Gasteiger partial charge in [-0.15, -0.1) is 10.2 Å².